The zero-order valence-corrected chi connectivity index (χ0v) is 35.7. The maximum Gasteiger partial charge on any atom is 0.326 e. The number of primary amides is 1. The fourth-order valence-electron chi connectivity index (χ4n) is 5.09. The Morgan fingerprint density at radius 2 is 0.951 bits per heavy atom. The number of hydrogen-bond acceptors (Lipinski definition) is 15. The second kappa shape index (κ2) is 29.8. The van der Waals surface area contributed by atoms with Gasteiger partial charge in [-0.2, -0.15) is 23.5 Å². The van der Waals surface area contributed by atoms with Crippen LogP contribution < -0.4 is 54.8 Å². The van der Waals surface area contributed by atoms with Gasteiger partial charge in [-0.15, -0.1) is 0 Å². The van der Waals surface area contributed by atoms with Gasteiger partial charge in [0.1, 0.15) is 42.3 Å². The van der Waals surface area contributed by atoms with Gasteiger partial charge in [0.05, 0.1) is 12.5 Å². The molecule has 0 heterocycles. The number of amides is 7. The van der Waals surface area contributed by atoms with Gasteiger partial charge in [0, 0.05) is 19.4 Å². The van der Waals surface area contributed by atoms with E-state index in [9.17, 15) is 68.4 Å². The van der Waals surface area contributed by atoms with Crippen molar-refractivity contribution in [2.24, 2.45) is 27.9 Å². The first-order valence-electron chi connectivity index (χ1n) is 18.8. The minimum Gasteiger partial charge on any atom is -0.481 e. The number of thioether (sulfide) groups is 2. The van der Waals surface area contributed by atoms with E-state index in [2.05, 4.69) is 36.9 Å². The van der Waals surface area contributed by atoms with Crippen LogP contribution in [0.1, 0.15) is 64.7 Å². The Labute approximate surface area is 359 Å². The average molecular weight is 910 g/mol. The molecule has 0 unspecified atom stereocenters. The molecule has 0 aliphatic rings. The second-order valence-electron chi connectivity index (χ2n) is 13.5. The number of carbonyl (C=O) groups excluding carboxylic acids is 7. The van der Waals surface area contributed by atoms with Crippen LogP contribution in [0.3, 0.4) is 0 Å². The monoisotopic (exact) mass is 909 g/mol. The van der Waals surface area contributed by atoms with Gasteiger partial charge in [0.15, 0.2) is 5.96 Å². The van der Waals surface area contributed by atoms with Crippen molar-refractivity contribution in [3.8, 4) is 0 Å². The molecule has 7 amide bonds. The van der Waals surface area contributed by atoms with Crippen molar-refractivity contribution in [2.75, 3.05) is 30.6 Å². The quantitative estimate of drug-likeness (QED) is 0.0170. The third-order valence-electron chi connectivity index (χ3n) is 8.47. The van der Waals surface area contributed by atoms with Gasteiger partial charge >= 0.3 is 17.9 Å². The average Bonchev–Trinajstić information content (AvgIpc) is 3.17. The van der Waals surface area contributed by atoms with Crippen LogP contribution in [0.25, 0.3) is 0 Å². The summed E-state index contributed by atoms with van der Waals surface area (Å²) in [5.41, 5.74) is 21.6. The largest absolute Gasteiger partial charge is 0.481 e. The van der Waals surface area contributed by atoms with Crippen LogP contribution in [0.5, 0.6) is 0 Å². The highest BCUT2D eigenvalue weighted by molar-refractivity contribution is 7.98. The summed E-state index contributed by atoms with van der Waals surface area (Å²) >= 11 is 2.56. The highest BCUT2D eigenvalue weighted by Gasteiger charge is 2.35. The van der Waals surface area contributed by atoms with E-state index in [1.54, 1.807) is 12.5 Å². The molecule has 0 aliphatic heterocycles. The van der Waals surface area contributed by atoms with Gasteiger partial charge in [-0.25, -0.2) is 4.79 Å². The van der Waals surface area contributed by atoms with E-state index in [4.69, 9.17) is 22.9 Å². The van der Waals surface area contributed by atoms with Crippen molar-refractivity contribution >= 4 is 88.7 Å². The fraction of sp³-hybridized carbons (Fsp3) is 0.676. The number of aliphatic hydroxyl groups excluding tert-OH is 1. The van der Waals surface area contributed by atoms with E-state index in [1.807, 2.05) is 0 Å². The van der Waals surface area contributed by atoms with Crippen molar-refractivity contribution in [3.05, 3.63) is 0 Å². The van der Waals surface area contributed by atoms with E-state index >= 15 is 0 Å². The number of carboxylic acid groups (broad SMARTS) is 3. The molecule has 0 saturated heterocycles. The van der Waals surface area contributed by atoms with E-state index in [-0.39, 0.29) is 43.9 Å². The molecule has 0 aromatic heterocycles. The SMILES string of the molecule is CSCC[C@H](NC(=O)[C@H](CCCN=C(N)N)NC(=O)[C@H](CC(=O)O)NC(=O)[C@H](CCSC)NC(=O)[C@H](CCC(N)=O)NC(=O)[C@H](CCC(=O)O)NC(=O)[C@@H](N)[C@@H](C)O)C(=O)O. The van der Waals surface area contributed by atoms with Crippen LogP contribution in [0.15, 0.2) is 4.99 Å². The van der Waals surface area contributed by atoms with E-state index in [0.29, 0.717) is 5.75 Å². The molecule has 0 aliphatic carbocycles. The first-order valence-corrected chi connectivity index (χ1v) is 21.6. The Kier molecular flexibility index (Phi) is 27.1. The molecule has 8 atom stereocenters. The molecule has 27 heteroatoms. The molecule has 0 rings (SSSR count). The number of hydrogen-bond donors (Lipinski definition) is 14. The molecular weight excluding hydrogens is 851 g/mol. The van der Waals surface area contributed by atoms with Crippen molar-refractivity contribution < 1.29 is 68.4 Å². The predicted octanol–water partition coefficient (Wildman–Crippen LogP) is -5.15. The van der Waals surface area contributed by atoms with Gasteiger partial charge in [-0.1, -0.05) is 0 Å². The summed E-state index contributed by atoms with van der Waals surface area (Å²) in [6.07, 6.45) is -1.21. The standard InChI is InChI=1S/C34H59N11O14S2/c1-16(46)26(36)32(57)43-19(7-9-24(48)49)29(54)41-18(6-8-23(35)47)28(53)42-20(10-13-60-2)30(55)45-22(15-25(50)51)31(56)40-17(5-4-12-39-34(37)38)27(52)44-21(33(58)59)11-14-61-3/h16-22,26,46H,4-15,36H2,1-3H3,(H2,35,47)(H,40,56)(H,41,54)(H,42,53)(H,43,57)(H,44,52)(H,45,55)(H,48,49)(H,50,51)(H,58,59)(H4,37,38,39)/t16-,17+,18+,19+,20+,21+,22+,26+/m1/s1. The third kappa shape index (κ3) is 23.8. The van der Waals surface area contributed by atoms with Crippen LogP contribution in [0, 0.1) is 0 Å². The first-order chi connectivity index (χ1) is 28.5. The Morgan fingerprint density at radius 3 is 1.36 bits per heavy atom. The van der Waals surface area contributed by atoms with Crippen molar-refractivity contribution in [1.29, 1.82) is 0 Å². The van der Waals surface area contributed by atoms with Gasteiger partial charge in [0.2, 0.25) is 41.4 Å². The summed E-state index contributed by atoms with van der Waals surface area (Å²) < 4.78 is 0. The zero-order chi connectivity index (χ0) is 46.8. The lowest BCUT2D eigenvalue weighted by molar-refractivity contribution is -0.143. The van der Waals surface area contributed by atoms with Crippen LogP contribution in [-0.4, -0.2) is 165 Å². The van der Waals surface area contributed by atoms with Gasteiger partial charge < -0.3 is 75.3 Å². The first kappa shape index (κ1) is 55.6. The topological polar surface area (TPSA) is 440 Å². The highest BCUT2D eigenvalue weighted by atomic mass is 32.2. The number of nitrogens with one attached hydrogen (secondary N) is 6. The van der Waals surface area contributed by atoms with Crippen molar-refractivity contribution in [3.63, 3.8) is 0 Å². The number of rotatable bonds is 32. The van der Waals surface area contributed by atoms with Crippen LogP contribution >= 0.6 is 23.5 Å². The number of carbonyl (C=O) groups is 10. The summed E-state index contributed by atoms with van der Waals surface area (Å²) in [5.74, 6) is -11.2. The highest BCUT2D eigenvalue weighted by Crippen LogP contribution is 2.09. The normalized spacial score (nSPS) is 14.8. The lowest BCUT2D eigenvalue weighted by Gasteiger charge is -2.27. The Balaban J connectivity index is 6.53. The van der Waals surface area contributed by atoms with Crippen molar-refractivity contribution in [1.82, 2.24) is 31.9 Å². The van der Waals surface area contributed by atoms with Crippen LogP contribution in [0.2, 0.25) is 0 Å². The number of nitrogens with zero attached hydrogens (tertiary/aromatic N) is 1. The van der Waals surface area contributed by atoms with E-state index in [1.165, 1.54) is 30.4 Å². The molecule has 0 saturated carbocycles. The molecule has 0 radical (unpaired) electrons. The minimum atomic E-state index is -1.87. The summed E-state index contributed by atoms with van der Waals surface area (Å²) in [6.45, 7) is 1.20. The third-order valence-corrected chi connectivity index (χ3v) is 9.76. The van der Waals surface area contributed by atoms with Gasteiger partial charge in [-0.3, -0.25) is 48.1 Å². The minimum absolute atomic E-state index is 0.00139. The Bertz CT molecular complexity index is 1570. The van der Waals surface area contributed by atoms with Gasteiger partial charge in [-0.05, 0) is 69.5 Å². The van der Waals surface area contributed by atoms with Gasteiger partial charge in [0.25, 0.3) is 0 Å². The molecule has 61 heavy (non-hydrogen) atoms. The number of aliphatic hydroxyl groups is 1. The summed E-state index contributed by atoms with van der Waals surface area (Å²) in [7, 11) is 0. The van der Waals surface area contributed by atoms with Crippen molar-refractivity contribution in [2.45, 2.75) is 113 Å². The number of aliphatic carboxylic acids is 3. The smallest absolute Gasteiger partial charge is 0.326 e. The van der Waals surface area contributed by atoms with E-state index in [0.717, 1.165) is 0 Å². The molecule has 0 aromatic carbocycles. The number of guanidine groups is 1. The summed E-state index contributed by atoms with van der Waals surface area (Å²) in [4.78, 5) is 131. The zero-order valence-electron chi connectivity index (χ0n) is 34.0. The molecule has 25 nitrogen and oxygen atoms in total. The lowest BCUT2D eigenvalue weighted by Crippen LogP contribution is -2.60. The maximum absolute atomic E-state index is 13.7. The Hall–Kier alpha value is -5.41. The molecule has 0 fully saturated rings. The Morgan fingerprint density at radius 1 is 0.557 bits per heavy atom. The molecule has 18 N–H and O–H groups in total. The van der Waals surface area contributed by atoms with E-state index < -0.39 is 140 Å². The lowest BCUT2D eigenvalue weighted by atomic mass is 10.0. The molecule has 0 bridgehead atoms. The molecule has 0 aromatic rings. The molecule has 0 spiro atoms. The van der Waals surface area contributed by atoms with Crippen LogP contribution in [0.4, 0.5) is 0 Å². The molecule has 346 valence electrons. The van der Waals surface area contributed by atoms with Crippen LogP contribution in [-0.2, 0) is 47.9 Å². The summed E-state index contributed by atoms with van der Waals surface area (Å²) in [5, 5.41) is 52.0. The maximum atomic E-state index is 13.7. The number of carboxylic acids is 3. The molecular formula is C34H59N11O14S2. The second-order valence-corrected chi connectivity index (χ2v) is 15.5. The number of aliphatic imine (C=N–C) groups is 1. The summed E-state index contributed by atoms with van der Waals surface area (Å²) in [6, 6.07) is -10.9. The fourth-order valence-corrected chi connectivity index (χ4v) is 6.04. The number of nitrogens with two attached hydrogens (primary N) is 4. The predicted molar refractivity (Wildman–Crippen MR) is 222 cm³/mol.